The predicted octanol–water partition coefficient (Wildman–Crippen LogP) is 3.82. The van der Waals surface area contributed by atoms with Gasteiger partial charge in [-0.25, -0.2) is 0 Å². The number of anilines is 1. The predicted molar refractivity (Wildman–Crippen MR) is 98.6 cm³/mol. The lowest BCUT2D eigenvalue weighted by atomic mass is 9.95. The fourth-order valence-electron chi connectivity index (χ4n) is 3.02. The van der Waals surface area contributed by atoms with Crippen LogP contribution in [-0.4, -0.2) is 36.4 Å². The van der Waals surface area contributed by atoms with E-state index in [1.165, 1.54) is 6.26 Å². The molecule has 0 aliphatic carbocycles. The van der Waals surface area contributed by atoms with Crippen molar-refractivity contribution >= 4 is 29.1 Å². The molecule has 1 aromatic carbocycles. The average Bonchev–Trinajstić information content (AvgIpc) is 3.18. The Morgan fingerprint density at radius 3 is 2.73 bits per heavy atom. The standard InChI is InChI=1S/C19H21ClN2O4/c1-2-25-16-6-5-14(20)12-15(16)21-18(23)13-7-9-22(10-8-13)19(24)17-4-3-11-26-17/h3-6,11-13H,2,7-10H2,1H3,(H,21,23). The van der Waals surface area contributed by atoms with Gasteiger partial charge in [0.05, 0.1) is 18.6 Å². The number of nitrogens with zero attached hydrogens (tertiary/aromatic N) is 1. The van der Waals surface area contributed by atoms with Crippen molar-refractivity contribution in [3.63, 3.8) is 0 Å². The van der Waals surface area contributed by atoms with E-state index in [1.54, 1.807) is 35.2 Å². The van der Waals surface area contributed by atoms with Crippen LogP contribution in [0.2, 0.25) is 5.02 Å². The number of carbonyl (C=O) groups excluding carboxylic acids is 2. The van der Waals surface area contributed by atoms with Crippen molar-refractivity contribution in [3.05, 3.63) is 47.4 Å². The molecule has 0 unspecified atom stereocenters. The van der Waals surface area contributed by atoms with Crippen molar-refractivity contribution in [1.29, 1.82) is 0 Å². The number of nitrogens with one attached hydrogen (secondary N) is 1. The highest BCUT2D eigenvalue weighted by atomic mass is 35.5. The molecule has 0 radical (unpaired) electrons. The van der Waals surface area contributed by atoms with Gasteiger partial charge in [-0.05, 0) is 50.1 Å². The van der Waals surface area contributed by atoms with Crippen molar-refractivity contribution in [2.75, 3.05) is 25.0 Å². The van der Waals surface area contributed by atoms with Crippen LogP contribution in [-0.2, 0) is 4.79 Å². The smallest absolute Gasteiger partial charge is 0.289 e. The van der Waals surface area contributed by atoms with Crippen molar-refractivity contribution in [3.8, 4) is 5.75 Å². The molecule has 26 heavy (non-hydrogen) atoms. The summed E-state index contributed by atoms with van der Waals surface area (Å²) in [5.41, 5.74) is 0.568. The van der Waals surface area contributed by atoms with Gasteiger partial charge in [0, 0.05) is 24.0 Å². The number of ether oxygens (including phenoxy) is 1. The molecule has 0 spiro atoms. The maximum absolute atomic E-state index is 12.6. The summed E-state index contributed by atoms with van der Waals surface area (Å²) in [6.45, 7) is 3.42. The van der Waals surface area contributed by atoms with Gasteiger partial charge >= 0.3 is 0 Å². The number of amides is 2. The number of carbonyl (C=O) groups is 2. The summed E-state index contributed by atoms with van der Waals surface area (Å²) < 4.78 is 10.7. The zero-order valence-corrected chi connectivity index (χ0v) is 15.3. The molecule has 1 aromatic heterocycles. The molecule has 2 amide bonds. The summed E-state index contributed by atoms with van der Waals surface area (Å²) in [7, 11) is 0. The van der Waals surface area contributed by atoms with Crippen molar-refractivity contribution in [1.82, 2.24) is 4.90 Å². The number of rotatable bonds is 5. The molecule has 2 aromatic rings. The third-order valence-corrected chi connectivity index (χ3v) is 4.62. The van der Waals surface area contributed by atoms with E-state index in [0.29, 0.717) is 54.8 Å². The first-order valence-corrected chi connectivity index (χ1v) is 9.02. The molecular formula is C19H21ClN2O4. The number of hydrogen-bond acceptors (Lipinski definition) is 4. The normalized spacial score (nSPS) is 14.9. The Hall–Kier alpha value is -2.47. The summed E-state index contributed by atoms with van der Waals surface area (Å²) in [5, 5.41) is 3.44. The van der Waals surface area contributed by atoms with Gasteiger partial charge in [-0.3, -0.25) is 9.59 Å². The zero-order chi connectivity index (χ0) is 18.5. The Morgan fingerprint density at radius 2 is 2.08 bits per heavy atom. The van der Waals surface area contributed by atoms with Crippen LogP contribution in [0.4, 0.5) is 5.69 Å². The van der Waals surface area contributed by atoms with E-state index in [2.05, 4.69) is 5.32 Å². The fourth-order valence-corrected chi connectivity index (χ4v) is 3.19. The van der Waals surface area contributed by atoms with E-state index in [4.69, 9.17) is 20.8 Å². The molecular weight excluding hydrogens is 356 g/mol. The van der Waals surface area contributed by atoms with E-state index in [0.717, 1.165) is 0 Å². The van der Waals surface area contributed by atoms with Crippen LogP contribution in [0.3, 0.4) is 0 Å². The summed E-state index contributed by atoms with van der Waals surface area (Å²) in [6.07, 6.45) is 2.68. The molecule has 1 N–H and O–H groups in total. The zero-order valence-electron chi connectivity index (χ0n) is 14.5. The minimum atomic E-state index is -0.163. The molecule has 138 valence electrons. The highest BCUT2D eigenvalue weighted by Crippen LogP contribution is 2.29. The Morgan fingerprint density at radius 1 is 1.31 bits per heavy atom. The average molecular weight is 377 g/mol. The number of benzene rings is 1. The first kappa shape index (κ1) is 18.3. The lowest BCUT2D eigenvalue weighted by Crippen LogP contribution is -2.41. The van der Waals surface area contributed by atoms with E-state index in [1.807, 2.05) is 6.92 Å². The molecule has 0 saturated carbocycles. The first-order chi connectivity index (χ1) is 12.6. The third kappa shape index (κ3) is 4.19. The lowest BCUT2D eigenvalue weighted by Gasteiger charge is -2.30. The maximum Gasteiger partial charge on any atom is 0.289 e. The molecule has 1 aliphatic heterocycles. The second kappa shape index (κ2) is 8.27. The molecule has 0 bridgehead atoms. The highest BCUT2D eigenvalue weighted by Gasteiger charge is 2.29. The SMILES string of the molecule is CCOc1ccc(Cl)cc1NC(=O)C1CCN(C(=O)c2ccco2)CC1. The Kier molecular flexibility index (Phi) is 5.83. The summed E-state index contributed by atoms with van der Waals surface area (Å²) in [6, 6.07) is 8.48. The lowest BCUT2D eigenvalue weighted by molar-refractivity contribution is -0.121. The quantitative estimate of drug-likeness (QED) is 0.861. The van der Waals surface area contributed by atoms with Crippen LogP contribution < -0.4 is 10.1 Å². The van der Waals surface area contributed by atoms with Gasteiger partial charge in [0.2, 0.25) is 5.91 Å². The van der Waals surface area contributed by atoms with Gasteiger partial charge in [0.15, 0.2) is 5.76 Å². The largest absolute Gasteiger partial charge is 0.492 e. The first-order valence-electron chi connectivity index (χ1n) is 8.64. The van der Waals surface area contributed by atoms with Crippen LogP contribution in [0.5, 0.6) is 5.75 Å². The maximum atomic E-state index is 12.6. The van der Waals surface area contributed by atoms with Crippen molar-refractivity contribution in [2.24, 2.45) is 5.92 Å². The third-order valence-electron chi connectivity index (χ3n) is 4.38. The van der Waals surface area contributed by atoms with Gasteiger partial charge < -0.3 is 19.4 Å². The molecule has 0 atom stereocenters. The second-order valence-electron chi connectivity index (χ2n) is 6.11. The van der Waals surface area contributed by atoms with Crippen molar-refractivity contribution < 1.29 is 18.7 Å². The van der Waals surface area contributed by atoms with Crippen LogP contribution in [0, 0.1) is 5.92 Å². The minimum absolute atomic E-state index is 0.0849. The fraction of sp³-hybridized carbons (Fsp3) is 0.368. The Balaban J connectivity index is 1.59. The number of furan rings is 1. The van der Waals surface area contributed by atoms with Crippen LogP contribution in [0.1, 0.15) is 30.3 Å². The Labute approximate surface area is 157 Å². The molecule has 1 aliphatic rings. The summed E-state index contributed by atoms with van der Waals surface area (Å²) in [5.74, 6) is 0.536. The second-order valence-corrected chi connectivity index (χ2v) is 6.54. The highest BCUT2D eigenvalue weighted by molar-refractivity contribution is 6.31. The van der Waals surface area contributed by atoms with E-state index in [-0.39, 0.29) is 17.7 Å². The van der Waals surface area contributed by atoms with Crippen LogP contribution in [0.25, 0.3) is 0 Å². The van der Waals surface area contributed by atoms with Gasteiger partial charge in [-0.2, -0.15) is 0 Å². The van der Waals surface area contributed by atoms with Crippen molar-refractivity contribution in [2.45, 2.75) is 19.8 Å². The van der Waals surface area contributed by atoms with E-state index >= 15 is 0 Å². The van der Waals surface area contributed by atoms with Crippen LogP contribution in [0.15, 0.2) is 41.0 Å². The van der Waals surface area contributed by atoms with Gasteiger partial charge in [0.1, 0.15) is 5.75 Å². The molecule has 7 heteroatoms. The monoisotopic (exact) mass is 376 g/mol. The van der Waals surface area contributed by atoms with E-state index < -0.39 is 0 Å². The molecule has 2 heterocycles. The number of halogens is 1. The molecule has 1 fully saturated rings. The van der Waals surface area contributed by atoms with Gasteiger partial charge in [-0.1, -0.05) is 11.6 Å². The molecule has 1 saturated heterocycles. The van der Waals surface area contributed by atoms with E-state index in [9.17, 15) is 9.59 Å². The summed E-state index contributed by atoms with van der Waals surface area (Å²) >= 11 is 6.03. The van der Waals surface area contributed by atoms with Crippen LogP contribution >= 0.6 is 11.6 Å². The number of likely N-dealkylation sites (tertiary alicyclic amines) is 1. The Bertz CT molecular complexity index is 768. The number of hydrogen-bond donors (Lipinski definition) is 1. The summed E-state index contributed by atoms with van der Waals surface area (Å²) in [4.78, 5) is 26.6. The molecule has 3 rings (SSSR count). The van der Waals surface area contributed by atoms with Gasteiger partial charge in [0.25, 0.3) is 5.91 Å². The topological polar surface area (TPSA) is 71.8 Å². The number of piperidine rings is 1. The minimum Gasteiger partial charge on any atom is -0.492 e. The van der Waals surface area contributed by atoms with Gasteiger partial charge in [-0.15, -0.1) is 0 Å². The molecule has 6 nitrogen and oxygen atoms in total.